The van der Waals surface area contributed by atoms with E-state index in [0.717, 1.165) is 0 Å². The van der Waals surface area contributed by atoms with E-state index < -0.39 is 9.84 Å². The van der Waals surface area contributed by atoms with Gasteiger partial charge < -0.3 is 9.88 Å². The summed E-state index contributed by atoms with van der Waals surface area (Å²) in [4.78, 5) is 11.8. The second-order valence-electron chi connectivity index (χ2n) is 5.29. The highest BCUT2D eigenvalue weighted by molar-refractivity contribution is 8.00. The van der Waals surface area contributed by atoms with Crippen molar-refractivity contribution in [3.8, 4) is 0 Å². The number of aromatic nitrogens is 3. The maximum absolute atomic E-state index is 11.8. The van der Waals surface area contributed by atoms with Crippen molar-refractivity contribution in [2.75, 3.05) is 18.1 Å². The summed E-state index contributed by atoms with van der Waals surface area (Å²) in [6.45, 7) is 5.77. The molecule has 1 aromatic heterocycles. The second-order valence-corrected chi connectivity index (χ2v) is 8.83. The molecule has 0 aromatic carbocycles. The minimum absolute atomic E-state index is 0.0992. The number of rotatable bonds is 6. The van der Waals surface area contributed by atoms with Gasteiger partial charge in [-0.3, -0.25) is 4.79 Å². The molecule has 1 aliphatic heterocycles. The van der Waals surface area contributed by atoms with Crippen LogP contribution in [0.2, 0.25) is 0 Å². The van der Waals surface area contributed by atoms with Gasteiger partial charge in [-0.15, -0.1) is 16.8 Å². The number of amides is 1. The highest BCUT2D eigenvalue weighted by Crippen LogP contribution is 2.30. The molecule has 1 fully saturated rings. The van der Waals surface area contributed by atoms with Crippen LogP contribution in [0.15, 0.2) is 17.8 Å². The molecule has 2 rings (SSSR count). The number of carbonyl (C=O) groups excluding carboxylic acids is 1. The first kappa shape index (κ1) is 17.0. The van der Waals surface area contributed by atoms with Crippen molar-refractivity contribution < 1.29 is 13.2 Å². The van der Waals surface area contributed by atoms with Crippen LogP contribution in [0, 0.1) is 0 Å². The maximum atomic E-state index is 11.8. The molecule has 0 bridgehead atoms. The second kappa shape index (κ2) is 6.82. The molecule has 1 aromatic rings. The molecule has 2 heterocycles. The molecule has 1 saturated heterocycles. The molecule has 0 spiro atoms. The molecule has 0 saturated carbocycles. The van der Waals surface area contributed by atoms with Gasteiger partial charge in [0.05, 0.1) is 16.8 Å². The van der Waals surface area contributed by atoms with E-state index >= 15 is 0 Å². The number of thioether (sulfide) groups is 1. The lowest BCUT2D eigenvalue weighted by Gasteiger charge is -2.11. The molecule has 22 heavy (non-hydrogen) atoms. The Hall–Kier alpha value is -1.35. The first-order valence-corrected chi connectivity index (χ1v) is 9.69. The lowest BCUT2D eigenvalue weighted by molar-refractivity contribution is -0.120. The maximum Gasteiger partial charge on any atom is 0.233 e. The molecule has 122 valence electrons. The lowest BCUT2D eigenvalue weighted by atomic mass is 10.1. The van der Waals surface area contributed by atoms with Gasteiger partial charge in [0.2, 0.25) is 5.91 Å². The summed E-state index contributed by atoms with van der Waals surface area (Å²) in [7, 11) is -1.16. The average molecular weight is 344 g/mol. The third kappa shape index (κ3) is 3.89. The molecule has 2 atom stereocenters. The van der Waals surface area contributed by atoms with Gasteiger partial charge in [-0.25, -0.2) is 8.42 Å². The van der Waals surface area contributed by atoms with Crippen LogP contribution >= 0.6 is 11.8 Å². The summed E-state index contributed by atoms with van der Waals surface area (Å²) in [5, 5.41) is 11.2. The van der Waals surface area contributed by atoms with Crippen LogP contribution in [-0.2, 0) is 21.7 Å². The van der Waals surface area contributed by atoms with Crippen LogP contribution in [0.3, 0.4) is 0 Å². The Morgan fingerprint density at radius 2 is 2.32 bits per heavy atom. The van der Waals surface area contributed by atoms with Gasteiger partial charge in [-0.2, -0.15) is 0 Å². The zero-order valence-electron chi connectivity index (χ0n) is 12.7. The number of sulfone groups is 1. The molecular formula is C13H20N4O3S2. The van der Waals surface area contributed by atoms with Gasteiger partial charge in [0.15, 0.2) is 15.0 Å². The monoisotopic (exact) mass is 344 g/mol. The van der Waals surface area contributed by atoms with Gasteiger partial charge in [0.25, 0.3) is 0 Å². The van der Waals surface area contributed by atoms with E-state index in [1.54, 1.807) is 24.6 Å². The topological polar surface area (TPSA) is 94.0 Å². The lowest BCUT2D eigenvalue weighted by Crippen LogP contribution is -2.31. The number of nitrogens with one attached hydrogen (secondary N) is 1. The average Bonchev–Trinajstić information content (AvgIpc) is 2.99. The Bertz CT molecular complexity index is 669. The molecule has 9 heteroatoms. The first-order chi connectivity index (χ1) is 10.3. The molecule has 0 aliphatic carbocycles. The van der Waals surface area contributed by atoms with Crippen molar-refractivity contribution in [2.45, 2.75) is 29.7 Å². The van der Waals surface area contributed by atoms with Crippen LogP contribution in [0.25, 0.3) is 0 Å². The van der Waals surface area contributed by atoms with Gasteiger partial charge in [0, 0.05) is 19.5 Å². The van der Waals surface area contributed by atoms with Crippen LogP contribution in [0.5, 0.6) is 0 Å². The molecule has 7 nitrogen and oxygen atoms in total. The Labute approximate surface area is 134 Å². The van der Waals surface area contributed by atoms with Crippen molar-refractivity contribution >= 4 is 27.5 Å². The predicted molar refractivity (Wildman–Crippen MR) is 85.5 cm³/mol. The third-order valence-electron chi connectivity index (χ3n) is 3.54. The van der Waals surface area contributed by atoms with E-state index in [1.165, 1.54) is 11.8 Å². The van der Waals surface area contributed by atoms with Crippen molar-refractivity contribution in [3.05, 3.63) is 18.5 Å². The summed E-state index contributed by atoms with van der Waals surface area (Å²) in [6, 6.07) is 0. The molecular weight excluding hydrogens is 324 g/mol. The normalized spacial score (nSPS) is 21.5. The van der Waals surface area contributed by atoms with E-state index in [0.29, 0.717) is 23.9 Å². The Kier molecular flexibility index (Phi) is 5.28. The fourth-order valence-corrected chi connectivity index (χ4v) is 4.90. The summed E-state index contributed by atoms with van der Waals surface area (Å²) >= 11 is 1.30. The van der Waals surface area contributed by atoms with Gasteiger partial charge in [-0.05, 0) is 13.3 Å². The van der Waals surface area contributed by atoms with Crippen molar-refractivity contribution in [1.82, 2.24) is 20.1 Å². The van der Waals surface area contributed by atoms with Gasteiger partial charge >= 0.3 is 0 Å². The van der Waals surface area contributed by atoms with Crippen LogP contribution in [0.1, 0.15) is 25.1 Å². The Balaban J connectivity index is 2.05. The fraction of sp³-hybridized carbons (Fsp3) is 0.615. The number of carbonyl (C=O) groups is 1. The molecule has 1 N–H and O–H groups in total. The summed E-state index contributed by atoms with van der Waals surface area (Å²) in [5.74, 6) is 0.786. The highest BCUT2D eigenvalue weighted by Gasteiger charge is 2.32. The Morgan fingerprint density at radius 1 is 1.59 bits per heavy atom. The standard InChI is InChI=1S/C13H20N4O3S2/c1-4-6-14-12(18)9(2)21-13-16-15-11(17(13)3)10-5-7-22(19,20)8-10/h4,9-10H,1,5-8H2,2-3H3,(H,14,18)/t9-,10+/m0/s1. The highest BCUT2D eigenvalue weighted by atomic mass is 32.2. The smallest absolute Gasteiger partial charge is 0.233 e. The van der Waals surface area contributed by atoms with Crippen molar-refractivity contribution in [3.63, 3.8) is 0 Å². The third-order valence-corrected chi connectivity index (χ3v) is 6.44. The quantitative estimate of drug-likeness (QED) is 0.596. The minimum atomic E-state index is -2.96. The number of hydrogen-bond donors (Lipinski definition) is 1. The number of hydrogen-bond acceptors (Lipinski definition) is 6. The minimum Gasteiger partial charge on any atom is -0.352 e. The van der Waals surface area contributed by atoms with Crippen LogP contribution < -0.4 is 5.32 Å². The van der Waals surface area contributed by atoms with Gasteiger partial charge in [-0.1, -0.05) is 17.8 Å². The summed E-state index contributed by atoms with van der Waals surface area (Å²) in [6.07, 6.45) is 2.20. The first-order valence-electron chi connectivity index (χ1n) is 6.99. The van der Waals surface area contributed by atoms with E-state index in [2.05, 4.69) is 22.1 Å². The largest absolute Gasteiger partial charge is 0.352 e. The van der Waals surface area contributed by atoms with Crippen molar-refractivity contribution in [1.29, 1.82) is 0 Å². The summed E-state index contributed by atoms with van der Waals surface area (Å²) < 4.78 is 24.9. The summed E-state index contributed by atoms with van der Waals surface area (Å²) in [5.41, 5.74) is 0. The van der Waals surface area contributed by atoms with E-state index in [-0.39, 0.29) is 28.6 Å². The molecule has 1 amide bonds. The Morgan fingerprint density at radius 3 is 2.91 bits per heavy atom. The molecule has 0 radical (unpaired) electrons. The van der Waals surface area contributed by atoms with Gasteiger partial charge in [0.1, 0.15) is 5.82 Å². The van der Waals surface area contributed by atoms with Crippen LogP contribution in [-0.4, -0.2) is 52.4 Å². The zero-order valence-corrected chi connectivity index (χ0v) is 14.3. The van der Waals surface area contributed by atoms with Crippen LogP contribution in [0.4, 0.5) is 0 Å². The van der Waals surface area contributed by atoms with E-state index in [4.69, 9.17) is 0 Å². The van der Waals surface area contributed by atoms with Crippen molar-refractivity contribution in [2.24, 2.45) is 7.05 Å². The zero-order chi connectivity index (χ0) is 16.3. The van der Waals surface area contributed by atoms with E-state index in [9.17, 15) is 13.2 Å². The predicted octanol–water partition coefficient (Wildman–Crippen LogP) is 0.500. The fourth-order valence-electron chi connectivity index (χ4n) is 2.31. The molecule has 1 aliphatic rings. The SMILES string of the molecule is C=CCNC(=O)[C@H](C)Sc1nnc([C@@H]2CCS(=O)(=O)C2)n1C. The number of nitrogens with zero attached hydrogens (tertiary/aromatic N) is 3. The molecule has 0 unspecified atom stereocenters. The van der Waals surface area contributed by atoms with E-state index in [1.807, 2.05) is 0 Å².